The SMILES string of the molecule is O=C(Nc1cc2c(cn1)CCC2)Nc1cn[nH]c1-c1cnccn1. The van der Waals surface area contributed by atoms with Gasteiger partial charge < -0.3 is 5.32 Å². The molecule has 0 radical (unpaired) electrons. The maximum Gasteiger partial charge on any atom is 0.324 e. The largest absolute Gasteiger partial charge is 0.324 e. The number of carbonyl (C=O) groups excluding carboxylic acids is 1. The number of H-pyrrole nitrogens is 1. The van der Waals surface area contributed by atoms with Crippen molar-refractivity contribution in [3.8, 4) is 11.4 Å². The minimum Gasteiger partial charge on any atom is -0.304 e. The molecule has 120 valence electrons. The van der Waals surface area contributed by atoms with Crippen LogP contribution in [-0.4, -0.2) is 31.2 Å². The number of pyridine rings is 1. The molecule has 0 atom stereocenters. The zero-order chi connectivity index (χ0) is 16.4. The van der Waals surface area contributed by atoms with Crippen LogP contribution in [0, 0.1) is 0 Å². The molecular formula is C16H15N7O. The molecule has 3 aromatic rings. The molecule has 1 aliphatic carbocycles. The highest BCUT2D eigenvalue weighted by Crippen LogP contribution is 2.24. The van der Waals surface area contributed by atoms with E-state index in [0.29, 0.717) is 22.9 Å². The summed E-state index contributed by atoms with van der Waals surface area (Å²) in [7, 11) is 0. The Bertz CT molecular complexity index is 875. The minimum atomic E-state index is -0.382. The van der Waals surface area contributed by atoms with Gasteiger partial charge in [0.1, 0.15) is 17.2 Å². The lowest BCUT2D eigenvalue weighted by Gasteiger charge is -2.08. The van der Waals surface area contributed by atoms with Crippen molar-refractivity contribution < 1.29 is 4.79 Å². The van der Waals surface area contributed by atoms with E-state index in [0.717, 1.165) is 19.3 Å². The van der Waals surface area contributed by atoms with E-state index in [4.69, 9.17) is 0 Å². The van der Waals surface area contributed by atoms with Crippen LogP contribution in [0.5, 0.6) is 0 Å². The van der Waals surface area contributed by atoms with E-state index in [-0.39, 0.29) is 6.03 Å². The lowest BCUT2D eigenvalue weighted by atomic mass is 10.2. The minimum absolute atomic E-state index is 0.382. The third kappa shape index (κ3) is 2.81. The van der Waals surface area contributed by atoms with Crippen LogP contribution in [0.3, 0.4) is 0 Å². The molecular weight excluding hydrogens is 306 g/mol. The average molecular weight is 321 g/mol. The lowest BCUT2D eigenvalue weighted by Crippen LogP contribution is -2.20. The molecule has 0 bridgehead atoms. The molecule has 1 aliphatic rings. The van der Waals surface area contributed by atoms with Crippen molar-refractivity contribution in [2.24, 2.45) is 0 Å². The summed E-state index contributed by atoms with van der Waals surface area (Å²) < 4.78 is 0. The number of hydrogen-bond acceptors (Lipinski definition) is 5. The quantitative estimate of drug-likeness (QED) is 0.686. The van der Waals surface area contributed by atoms with E-state index in [1.807, 2.05) is 12.3 Å². The van der Waals surface area contributed by atoms with E-state index >= 15 is 0 Å². The Morgan fingerprint density at radius 1 is 1.04 bits per heavy atom. The van der Waals surface area contributed by atoms with Crippen molar-refractivity contribution in [1.29, 1.82) is 0 Å². The first-order valence-electron chi connectivity index (χ1n) is 7.65. The predicted molar refractivity (Wildman–Crippen MR) is 88.5 cm³/mol. The topological polar surface area (TPSA) is 108 Å². The molecule has 0 saturated heterocycles. The summed E-state index contributed by atoms with van der Waals surface area (Å²) in [5.74, 6) is 0.540. The number of nitrogens with one attached hydrogen (secondary N) is 3. The van der Waals surface area contributed by atoms with Crippen LogP contribution in [-0.2, 0) is 12.8 Å². The number of anilines is 2. The van der Waals surface area contributed by atoms with Crippen LogP contribution in [0.1, 0.15) is 17.5 Å². The van der Waals surface area contributed by atoms with Crippen molar-refractivity contribution >= 4 is 17.5 Å². The van der Waals surface area contributed by atoms with E-state index in [1.54, 1.807) is 18.6 Å². The Morgan fingerprint density at radius 3 is 2.83 bits per heavy atom. The molecule has 8 heteroatoms. The molecule has 3 N–H and O–H groups in total. The first kappa shape index (κ1) is 14.3. The van der Waals surface area contributed by atoms with E-state index in [9.17, 15) is 4.79 Å². The Hall–Kier alpha value is -3.29. The summed E-state index contributed by atoms with van der Waals surface area (Å²) in [6, 6.07) is 1.55. The van der Waals surface area contributed by atoms with E-state index < -0.39 is 0 Å². The fourth-order valence-electron chi connectivity index (χ4n) is 2.80. The maximum atomic E-state index is 12.2. The number of aromatic nitrogens is 5. The number of amides is 2. The van der Waals surface area contributed by atoms with E-state index in [2.05, 4.69) is 35.8 Å². The van der Waals surface area contributed by atoms with Gasteiger partial charge in [-0.2, -0.15) is 5.10 Å². The predicted octanol–water partition coefficient (Wildman–Crippen LogP) is 2.39. The normalized spacial score (nSPS) is 12.7. The molecule has 8 nitrogen and oxygen atoms in total. The first-order chi connectivity index (χ1) is 11.8. The Balaban J connectivity index is 1.48. The Morgan fingerprint density at radius 2 is 1.96 bits per heavy atom. The van der Waals surface area contributed by atoms with Crippen LogP contribution in [0.25, 0.3) is 11.4 Å². The molecule has 4 rings (SSSR count). The summed E-state index contributed by atoms with van der Waals surface area (Å²) in [6.07, 6.45) is 11.4. The third-order valence-electron chi connectivity index (χ3n) is 3.92. The smallest absolute Gasteiger partial charge is 0.304 e. The van der Waals surface area contributed by atoms with Crippen LogP contribution >= 0.6 is 0 Å². The summed E-state index contributed by atoms with van der Waals surface area (Å²) in [4.78, 5) is 24.7. The van der Waals surface area contributed by atoms with Gasteiger partial charge in [0.05, 0.1) is 18.1 Å². The van der Waals surface area contributed by atoms with Gasteiger partial charge >= 0.3 is 6.03 Å². The number of aromatic amines is 1. The first-order valence-corrected chi connectivity index (χ1v) is 7.65. The van der Waals surface area contributed by atoms with Crippen molar-refractivity contribution in [1.82, 2.24) is 25.1 Å². The van der Waals surface area contributed by atoms with Crippen LogP contribution in [0.4, 0.5) is 16.3 Å². The van der Waals surface area contributed by atoms with E-state index in [1.165, 1.54) is 17.3 Å². The highest BCUT2D eigenvalue weighted by atomic mass is 16.2. The van der Waals surface area contributed by atoms with Crippen LogP contribution < -0.4 is 10.6 Å². The number of fused-ring (bicyclic) bond motifs is 1. The molecule has 0 aromatic carbocycles. The Labute approximate surface area is 137 Å². The number of hydrogen-bond donors (Lipinski definition) is 3. The van der Waals surface area contributed by atoms with Gasteiger partial charge in [0.25, 0.3) is 0 Å². The molecule has 3 heterocycles. The van der Waals surface area contributed by atoms with Gasteiger partial charge in [-0.1, -0.05) is 0 Å². The van der Waals surface area contributed by atoms with Gasteiger partial charge in [0.15, 0.2) is 0 Å². The second kappa shape index (κ2) is 6.07. The molecule has 0 fully saturated rings. The van der Waals surface area contributed by atoms with Crippen LogP contribution in [0.2, 0.25) is 0 Å². The van der Waals surface area contributed by atoms with Crippen molar-refractivity contribution in [3.63, 3.8) is 0 Å². The van der Waals surface area contributed by atoms with Gasteiger partial charge in [0.2, 0.25) is 0 Å². The number of aryl methyl sites for hydroxylation is 2. The second-order valence-corrected chi connectivity index (χ2v) is 5.52. The van der Waals surface area contributed by atoms with Crippen molar-refractivity contribution in [3.05, 3.63) is 48.2 Å². The van der Waals surface area contributed by atoms with Gasteiger partial charge in [0, 0.05) is 18.6 Å². The summed E-state index contributed by atoms with van der Waals surface area (Å²) in [5.41, 5.74) is 4.24. The summed E-state index contributed by atoms with van der Waals surface area (Å²) in [6.45, 7) is 0. The number of urea groups is 1. The van der Waals surface area contributed by atoms with Gasteiger partial charge in [-0.15, -0.1) is 0 Å². The second-order valence-electron chi connectivity index (χ2n) is 5.52. The highest BCUT2D eigenvalue weighted by Gasteiger charge is 2.15. The molecule has 3 aromatic heterocycles. The average Bonchev–Trinajstić information content (AvgIpc) is 3.24. The van der Waals surface area contributed by atoms with Crippen molar-refractivity contribution in [2.45, 2.75) is 19.3 Å². The fourth-order valence-corrected chi connectivity index (χ4v) is 2.80. The third-order valence-corrected chi connectivity index (χ3v) is 3.92. The van der Waals surface area contributed by atoms with Gasteiger partial charge in [-0.3, -0.25) is 20.4 Å². The molecule has 0 unspecified atom stereocenters. The zero-order valence-electron chi connectivity index (χ0n) is 12.8. The lowest BCUT2D eigenvalue weighted by molar-refractivity contribution is 0.262. The maximum absolute atomic E-state index is 12.2. The molecule has 24 heavy (non-hydrogen) atoms. The fraction of sp³-hybridized carbons (Fsp3) is 0.188. The van der Waals surface area contributed by atoms with Gasteiger partial charge in [-0.05, 0) is 36.5 Å². The molecule has 0 aliphatic heterocycles. The number of rotatable bonds is 3. The monoisotopic (exact) mass is 321 g/mol. The zero-order valence-corrected chi connectivity index (χ0v) is 12.8. The summed E-state index contributed by atoms with van der Waals surface area (Å²) in [5, 5.41) is 12.3. The molecule has 0 saturated carbocycles. The van der Waals surface area contributed by atoms with Crippen molar-refractivity contribution in [2.75, 3.05) is 10.6 Å². The van der Waals surface area contributed by atoms with Crippen LogP contribution in [0.15, 0.2) is 37.1 Å². The number of nitrogens with zero attached hydrogens (tertiary/aromatic N) is 4. The van der Waals surface area contributed by atoms with Gasteiger partial charge in [-0.25, -0.2) is 9.78 Å². The Kier molecular flexibility index (Phi) is 3.62. The standard InChI is InChI=1S/C16H15N7O/c24-16(22-14-6-10-2-1-3-11(10)7-19-14)21-13-9-20-23-15(13)12-8-17-4-5-18-12/h4-9H,1-3H2,(H,20,23)(H2,19,21,22,24). The molecule has 0 spiro atoms. The molecule has 2 amide bonds. The summed E-state index contributed by atoms with van der Waals surface area (Å²) >= 11 is 0. The highest BCUT2D eigenvalue weighted by molar-refractivity contribution is 6.01. The number of carbonyl (C=O) groups is 1.